The number of nitrogens with zero attached hydrogens (tertiary/aromatic N) is 1. The van der Waals surface area contributed by atoms with Crippen LogP contribution in [0.25, 0.3) is 0 Å². The minimum atomic E-state index is -0.929. The van der Waals surface area contributed by atoms with Gasteiger partial charge in [-0.1, -0.05) is 49.0 Å². The Labute approximate surface area is 247 Å². The predicted molar refractivity (Wildman–Crippen MR) is 159 cm³/mol. The van der Waals surface area contributed by atoms with Gasteiger partial charge in [-0.05, 0) is 43.5 Å². The Hall–Kier alpha value is -3.73. The molecule has 2 aromatic carbocycles. The van der Waals surface area contributed by atoms with E-state index in [1.165, 1.54) is 0 Å². The van der Waals surface area contributed by atoms with E-state index in [-0.39, 0.29) is 18.1 Å². The number of rotatable bonds is 15. The monoisotopic (exact) mass is 578 g/mol. The maximum atomic E-state index is 13.8. The maximum absolute atomic E-state index is 13.8. The van der Waals surface area contributed by atoms with E-state index in [0.717, 1.165) is 24.2 Å². The predicted octanol–water partition coefficient (Wildman–Crippen LogP) is 1.63. The van der Waals surface area contributed by atoms with Crippen molar-refractivity contribution < 1.29 is 28.6 Å². The molecule has 0 bridgehead atoms. The van der Waals surface area contributed by atoms with E-state index in [9.17, 15) is 14.4 Å². The van der Waals surface area contributed by atoms with Crippen LogP contribution in [0, 0.1) is 0 Å². The number of carbonyl (C=O) groups is 3. The molecule has 2 fully saturated rings. The van der Waals surface area contributed by atoms with Crippen LogP contribution >= 0.6 is 0 Å². The van der Waals surface area contributed by atoms with Crippen molar-refractivity contribution in [3.05, 3.63) is 78.0 Å². The highest BCUT2D eigenvalue weighted by molar-refractivity contribution is 5.98. The van der Waals surface area contributed by atoms with Gasteiger partial charge in [0.25, 0.3) is 0 Å². The summed E-state index contributed by atoms with van der Waals surface area (Å²) in [6.07, 6.45) is 0.538. The zero-order valence-corrected chi connectivity index (χ0v) is 24.7. The lowest BCUT2D eigenvalue weighted by Gasteiger charge is -2.29. The van der Waals surface area contributed by atoms with Crippen molar-refractivity contribution in [2.45, 2.75) is 50.4 Å². The lowest BCUT2D eigenvalue weighted by Crippen LogP contribution is -2.57. The van der Waals surface area contributed by atoms with Gasteiger partial charge in [-0.15, -0.1) is 0 Å². The molecule has 2 aliphatic heterocycles. The van der Waals surface area contributed by atoms with Gasteiger partial charge in [0.2, 0.25) is 11.8 Å². The molecule has 0 spiro atoms. The third-order valence-corrected chi connectivity index (χ3v) is 7.58. The Morgan fingerprint density at radius 1 is 0.929 bits per heavy atom. The SMILES string of the molecule is C=C(CN1CCOCC1)N[C@@H](C)C(=O)N[C@@H](Cc1ccc(OC)cc1)C(=O)N[C@@H](Cc1ccccc1)C(=O)C1(C)CO1. The van der Waals surface area contributed by atoms with Crippen LogP contribution in [0.3, 0.4) is 0 Å². The van der Waals surface area contributed by atoms with Gasteiger partial charge in [0, 0.05) is 31.8 Å². The summed E-state index contributed by atoms with van der Waals surface area (Å²) in [7, 11) is 1.58. The first-order valence-corrected chi connectivity index (χ1v) is 14.4. The highest BCUT2D eigenvalue weighted by Crippen LogP contribution is 2.29. The summed E-state index contributed by atoms with van der Waals surface area (Å²) < 4.78 is 16.1. The van der Waals surface area contributed by atoms with Crippen molar-refractivity contribution in [3.8, 4) is 5.75 Å². The van der Waals surface area contributed by atoms with E-state index >= 15 is 0 Å². The summed E-state index contributed by atoms with van der Waals surface area (Å²) >= 11 is 0. The first-order valence-electron chi connectivity index (χ1n) is 14.4. The molecule has 2 aliphatic rings. The second-order valence-electron chi connectivity index (χ2n) is 11.1. The molecule has 10 nitrogen and oxygen atoms in total. The summed E-state index contributed by atoms with van der Waals surface area (Å²) in [6, 6.07) is 14.4. The first-order chi connectivity index (χ1) is 20.2. The Morgan fingerprint density at radius 2 is 1.52 bits per heavy atom. The van der Waals surface area contributed by atoms with Crippen molar-refractivity contribution >= 4 is 17.6 Å². The Morgan fingerprint density at radius 3 is 2.14 bits per heavy atom. The number of methoxy groups -OCH3 is 1. The van der Waals surface area contributed by atoms with Gasteiger partial charge < -0.3 is 30.2 Å². The van der Waals surface area contributed by atoms with Gasteiger partial charge in [-0.2, -0.15) is 0 Å². The molecule has 2 heterocycles. The lowest BCUT2D eigenvalue weighted by atomic mass is 9.94. The number of ether oxygens (including phenoxy) is 3. The van der Waals surface area contributed by atoms with Gasteiger partial charge >= 0.3 is 0 Å². The van der Waals surface area contributed by atoms with Crippen molar-refractivity contribution in [2.75, 3.05) is 46.6 Å². The molecule has 4 rings (SSSR count). The Balaban J connectivity index is 1.46. The molecule has 10 heteroatoms. The van der Waals surface area contributed by atoms with Crippen LogP contribution in [0.5, 0.6) is 5.75 Å². The number of epoxide rings is 1. The summed E-state index contributed by atoms with van der Waals surface area (Å²) in [6.45, 7) is 11.4. The van der Waals surface area contributed by atoms with E-state index in [1.54, 1.807) is 33.1 Å². The number of hydrogen-bond donors (Lipinski definition) is 3. The van der Waals surface area contributed by atoms with Crippen molar-refractivity contribution in [1.82, 2.24) is 20.9 Å². The van der Waals surface area contributed by atoms with E-state index in [0.29, 0.717) is 44.2 Å². The third-order valence-electron chi connectivity index (χ3n) is 7.58. The molecule has 2 saturated heterocycles. The molecule has 4 atom stereocenters. The van der Waals surface area contributed by atoms with Gasteiger partial charge in [0.05, 0.1) is 33.0 Å². The molecular weight excluding hydrogens is 536 g/mol. The second-order valence-corrected chi connectivity index (χ2v) is 11.1. The van der Waals surface area contributed by atoms with Crippen LogP contribution < -0.4 is 20.7 Å². The average molecular weight is 579 g/mol. The summed E-state index contributed by atoms with van der Waals surface area (Å²) in [4.78, 5) is 42.7. The van der Waals surface area contributed by atoms with Crippen LogP contribution in [-0.2, 0) is 36.7 Å². The van der Waals surface area contributed by atoms with E-state index in [2.05, 4.69) is 27.4 Å². The lowest BCUT2D eigenvalue weighted by molar-refractivity contribution is -0.133. The largest absolute Gasteiger partial charge is 0.497 e. The van der Waals surface area contributed by atoms with Gasteiger partial charge in [-0.25, -0.2) is 0 Å². The van der Waals surface area contributed by atoms with E-state index < -0.39 is 29.6 Å². The molecule has 0 saturated carbocycles. The molecule has 0 aliphatic carbocycles. The fourth-order valence-electron chi connectivity index (χ4n) is 4.90. The van der Waals surface area contributed by atoms with Crippen molar-refractivity contribution in [1.29, 1.82) is 0 Å². The van der Waals surface area contributed by atoms with Gasteiger partial charge in [-0.3, -0.25) is 19.3 Å². The molecule has 0 radical (unpaired) electrons. The number of amides is 2. The van der Waals surface area contributed by atoms with Gasteiger partial charge in [0.15, 0.2) is 5.78 Å². The van der Waals surface area contributed by atoms with Crippen LogP contribution in [0.4, 0.5) is 0 Å². The molecule has 0 aromatic heterocycles. The Kier molecular flexibility index (Phi) is 10.7. The number of benzene rings is 2. The summed E-state index contributed by atoms with van der Waals surface area (Å²) in [5, 5.41) is 8.99. The fraction of sp³-hybridized carbons (Fsp3) is 0.469. The summed E-state index contributed by atoms with van der Waals surface area (Å²) in [5.41, 5.74) is 1.53. The first kappa shape index (κ1) is 31.2. The topological polar surface area (TPSA) is 122 Å². The minimum absolute atomic E-state index is 0.191. The summed E-state index contributed by atoms with van der Waals surface area (Å²) in [5.74, 6) is -0.303. The molecule has 2 amide bonds. The molecule has 1 unspecified atom stereocenters. The van der Waals surface area contributed by atoms with Crippen molar-refractivity contribution in [2.24, 2.45) is 0 Å². The number of hydrogen-bond acceptors (Lipinski definition) is 8. The number of morpholine rings is 1. The van der Waals surface area contributed by atoms with Crippen LogP contribution in [0.1, 0.15) is 25.0 Å². The zero-order valence-electron chi connectivity index (χ0n) is 24.7. The third kappa shape index (κ3) is 8.88. The van der Waals surface area contributed by atoms with Gasteiger partial charge in [0.1, 0.15) is 23.4 Å². The molecule has 2 aromatic rings. The van der Waals surface area contributed by atoms with E-state index in [4.69, 9.17) is 14.2 Å². The molecule has 42 heavy (non-hydrogen) atoms. The maximum Gasteiger partial charge on any atom is 0.243 e. The normalized spacial score (nSPS) is 20.5. The standard InChI is InChI=1S/C32H42N4O6/c1-22(20-36-14-16-41-17-15-36)33-23(2)30(38)35-28(19-25-10-12-26(40-4)13-11-25)31(39)34-27(29(37)32(3)21-42-32)18-24-8-6-5-7-9-24/h5-13,23,27-28,33H,1,14-21H2,2-4H3,(H,34,39)(H,35,38)/t23-,27-,28-,32?/m0/s1. The number of carbonyl (C=O) groups excluding carboxylic acids is 3. The quantitative estimate of drug-likeness (QED) is 0.273. The molecular formula is C32H42N4O6. The number of Topliss-reactive ketones (excluding diaryl/α,β-unsaturated/α-hetero) is 1. The van der Waals surface area contributed by atoms with Crippen LogP contribution in [0.15, 0.2) is 66.9 Å². The molecule has 3 N–H and O–H groups in total. The second kappa shape index (κ2) is 14.4. The zero-order chi connectivity index (χ0) is 30.1. The highest BCUT2D eigenvalue weighted by atomic mass is 16.6. The van der Waals surface area contributed by atoms with Crippen LogP contribution in [0.2, 0.25) is 0 Å². The van der Waals surface area contributed by atoms with E-state index in [1.807, 2.05) is 42.5 Å². The fourth-order valence-corrected chi connectivity index (χ4v) is 4.90. The average Bonchev–Trinajstić information content (AvgIpc) is 3.75. The van der Waals surface area contributed by atoms with Crippen LogP contribution in [-0.4, -0.2) is 92.8 Å². The minimum Gasteiger partial charge on any atom is -0.497 e. The molecule has 226 valence electrons. The number of nitrogens with one attached hydrogen (secondary N) is 3. The Bertz CT molecular complexity index is 1230. The number of ketones is 1. The smallest absolute Gasteiger partial charge is 0.243 e. The highest BCUT2D eigenvalue weighted by Gasteiger charge is 2.50. The van der Waals surface area contributed by atoms with Crippen molar-refractivity contribution in [3.63, 3.8) is 0 Å².